The van der Waals surface area contributed by atoms with Gasteiger partial charge in [-0.1, -0.05) is 43.3 Å². The molecule has 26 heavy (non-hydrogen) atoms. The van der Waals surface area contributed by atoms with E-state index in [9.17, 15) is 0 Å². The Morgan fingerprint density at radius 2 is 2.04 bits per heavy atom. The molecule has 144 valence electrons. The number of guanidine groups is 1. The lowest BCUT2D eigenvalue weighted by molar-refractivity contribution is 0.368. The molecule has 1 aromatic carbocycles. The van der Waals surface area contributed by atoms with E-state index in [0.717, 1.165) is 37.7 Å². The van der Waals surface area contributed by atoms with Gasteiger partial charge in [-0.25, -0.2) is 0 Å². The van der Waals surface area contributed by atoms with E-state index in [-0.39, 0.29) is 24.0 Å². The number of aryl methyl sites for hydroxylation is 2. The van der Waals surface area contributed by atoms with Crippen LogP contribution >= 0.6 is 24.0 Å². The van der Waals surface area contributed by atoms with Gasteiger partial charge in [0.05, 0.1) is 0 Å². The maximum Gasteiger partial charge on any atom is 0.226 e. The summed E-state index contributed by atoms with van der Waals surface area (Å²) < 4.78 is 5.27. The fourth-order valence-electron chi connectivity index (χ4n) is 2.55. The second-order valence-corrected chi connectivity index (χ2v) is 6.56. The topological polar surface area (TPSA) is 66.5 Å². The lowest BCUT2D eigenvalue weighted by Crippen LogP contribution is -2.39. The van der Waals surface area contributed by atoms with Crippen LogP contribution in [0.3, 0.4) is 0 Å². The molecule has 0 aliphatic rings. The zero-order chi connectivity index (χ0) is 18.2. The Hall–Kier alpha value is -1.64. The number of hydrogen-bond donors (Lipinski definition) is 1. The smallest absolute Gasteiger partial charge is 0.226 e. The van der Waals surface area contributed by atoms with Crippen LogP contribution in [0.5, 0.6) is 0 Å². The predicted molar refractivity (Wildman–Crippen MR) is 116 cm³/mol. The number of nitrogens with zero attached hydrogens (tertiary/aromatic N) is 4. The van der Waals surface area contributed by atoms with Crippen LogP contribution < -0.4 is 5.32 Å². The molecule has 0 amide bonds. The Labute approximate surface area is 173 Å². The number of aliphatic imine (C=N–C) groups is 1. The Morgan fingerprint density at radius 1 is 1.31 bits per heavy atom. The molecule has 7 heteroatoms. The van der Waals surface area contributed by atoms with Crippen LogP contribution in [0.1, 0.15) is 49.0 Å². The van der Waals surface area contributed by atoms with Gasteiger partial charge in [-0.3, -0.25) is 4.99 Å². The molecule has 1 aromatic heterocycles. The van der Waals surface area contributed by atoms with Crippen LogP contribution in [-0.4, -0.2) is 41.6 Å². The zero-order valence-electron chi connectivity index (χ0n) is 16.3. The highest BCUT2D eigenvalue weighted by molar-refractivity contribution is 14.0. The first-order chi connectivity index (χ1) is 12.0. The van der Waals surface area contributed by atoms with E-state index < -0.39 is 0 Å². The molecule has 2 rings (SSSR count). The van der Waals surface area contributed by atoms with E-state index in [1.165, 1.54) is 11.1 Å². The second-order valence-electron chi connectivity index (χ2n) is 6.56. The standard InChI is InChI=1S/C19H29N5O.HI/c1-14(2)18-22-17(25-23-18)11-8-12-21-19(20-4)24(5)13-16-10-7-6-9-15(16)3;/h6-7,9-10,14H,8,11-13H2,1-5H3,(H,20,21);1H. The van der Waals surface area contributed by atoms with Crippen LogP contribution in [0.2, 0.25) is 0 Å². The number of aromatic nitrogens is 2. The molecule has 0 spiro atoms. The molecule has 0 radical (unpaired) electrons. The van der Waals surface area contributed by atoms with Crippen molar-refractivity contribution < 1.29 is 4.52 Å². The molecule has 1 N–H and O–H groups in total. The molecule has 1 heterocycles. The van der Waals surface area contributed by atoms with Crippen LogP contribution in [0, 0.1) is 6.92 Å². The van der Waals surface area contributed by atoms with Gasteiger partial charge < -0.3 is 14.7 Å². The lowest BCUT2D eigenvalue weighted by atomic mass is 10.1. The average Bonchev–Trinajstić information content (AvgIpc) is 3.06. The number of hydrogen-bond acceptors (Lipinski definition) is 4. The molecular formula is C19H30IN5O. The van der Waals surface area contributed by atoms with Crippen molar-refractivity contribution in [3.8, 4) is 0 Å². The van der Waals surface area contributed by atoms with Crippen molar-refractivity contribution in [2.75, 3.05) is 20.6 Å². The zero-order valence-corrected chi connectivity index (χ0v) is 18.7. The Kier molecular flexibility index (Phi) is 9.61. The van der Waals surface area contributed by atoms with E-state index in [1.54, 1.807) is 0 Å². The normalized spacial score (nSPS) is 11.4. The summed E-state index contributed by atoms with van der Waals surface area (Å²) in [6.45, 7) is 7.89. The van der Waals surface area contributed by atoms with Gasteiger partial charge in [-0.2, -0.15) is 4.98 Å². The number of rotatable bonds is 7. The van der Waals surface area contributed by atoms with Gasteiger partial charge in [0.25, 0.3) is 0 Å². The van der Waals surface area contributed by atoms with Gasteiger partial charge in [-0.15, -0.1) is 24.0 Å². The summed E-state index contributed by atoms with van der Waals surface area (Å²) in [5.41, 5.74) is 2.60. The SMILES string of the molecule is CN=C(NCCCc1nc(C(C)C)no1)N(C)Cc1ccccc1C.I. The van der Waals surface area contributed by atoms with Crippen LogP contribution in [0.25, 0.3) is 0 Å². The van der Waals surface area contributed by atoms with Crippen molar-refractivity contribution >= 4 is 29.9 Å². The first-order valence-electron chi connectivity index (χ1n) is 8.80. The molecule has 0 bridgehead atoms. The molecule has 6 nitrogen and oxygen atoms in total. The van der Waals surface area contributed by atoms with Crippen molar-refractivity contribution in [1.82, 2.24) is 20.4 Å². The minimum absolute atomic E-state index is 0. The van der Waals surface area contributed by atoms with E-state index >= 15 is 0 Å². The van der Waals surface area contributed by atoms with Crippen molar-refractivity contribution in [2.24, 2.45) is 4.99 Å². The fraction of sp³-hybridized carbons (Fsp3) is 0.526. The summed E-state index contributed by atoms with van der Waals surface area (Å²) in [5.74, 6) is 2.66. The van der Waals surface area contributed by atoms with E-state index in [2.05, 4.69) is 77.4 Å². The average molecular weight is 471 g/mol. The second kappa shape index (κ2) is 11.2. The van der Waals surface area contributed by atoms with Crippen molar-refractivity contribution in [3.63, 3.8) is 0 Å². The molecular weight excluding hydrogens is 441 g/mol. The van der Waals surface area contributed by atoms with Gasteiger partial charge in [0.2, 0.25) is 5.89 Å². The molecule has 2 aromatic rings. The maximum absolute atomic E-state index is 5.27. The first-order valence-corrected chi connectivity index (χ1v) is 8.80. The molecule has 0 unspecified atom stereocenters. The van der Waals surface area contributed by atoms with Gasteiger partial charge in [0, 0.05) is 39.5 Å². The third kappa shape index (κ3) is 6.59. The lowest BCUT2D eigenvalue weighted by Gasteiger charge is -2.23. The molecule has 0 aliphatic heterocycles. The van der Waals surface area contributed by atoms with Gasteiger partial charge in [0.15, 0.2) is 11.8 Å². The minimum atomic E-state index is 0. The highest BCUT2D eigenvalue weighted by Gasteiger charge is 2.10. The molecule has 0 saturated carbocycles. The Bertz CT molecular complexity index is 699. The Morgan fingerprint density at radius 3 is 2.65 bits per heavy atom. The number of benzene rings is 1. The highest BCUT2D eigenvalue weighted by Crippen LogP contribution is 2.11. The van der Waals surface area contributed by atoms with Crippen molar-refractivity contribution in [2.45, 2.75) is 46.1 Å². The quantitative estimate of drug-likeness (QED) is 0.288. The summed E-state index contributed by atoms with van der Waals surface area (Å²) in [5, 5.41) is 7.39. The maximum atomic E-state index is 5.27. The molecule has 0 fully saturated rings. The largest absolute Gasteiger partial charge is 0.356 e. The summed E-state index contributed by atoms with van der Waals surface area (Å²) in [7, 11) is 3.86. The highest BCUT2D eigenvalue weighted by atomic mass is 127. The third-order valence-corrected chi connectivity index (χ3v) is 4.09. The first kappa shape index (κ1) is 22.4. The molecule has 0 atom stereocenters. The molecule has 0 aliphatic carbocycles. The van der Waals surface area contributed by atoms with E-state index in [4.69, 9.17) is 4.52 Å². The summed E-state index contributed by atoms with van der Waals surface area (Å²) in [6.07, 6.45) is 1.68. The van der Waals surface area contributed by atoms with Gasteiger partial charge in [-0.05, 0) is 24.5 Å². The minimum Gasteiger partial charge on any atom is -0.356 e. The van der Waals surface area contributed by atoms with Crippen molar-refractivity contribution in [1.29, 1.82) is 0 Å². The fourth-order valence-corrected chi connectivity index (χ4v) is 2.55. The van der Waals surface area contributed by atoms with Crippen LogP contribution in [0.15, 0.2) is 33.8 Å². The number of halogens is 1. The Balaban J connectivity index is 0.00000338. The summed E-state index contributed by atoms with van der Waals surface area (Å²) >= 11 is 0. The monoisotopic (exact) mass is 471 g/mol. The summed E-state index contributed by atoms with van der Waals surface area (Å²) in [6, 6.07) is 8.42. The van der Waals surface area contributed by atoms with E-state index in [1.807, 2.05) is 7.05 Å². The summed E-state index contributed by atoms with van der Waals surface area (Å²) in [4.78, 5) is 10.9. The van der Waals surface area contributed by atoms with Crippen molar-refractivity contribution in [3.05, 3.63) is 47.1 Å². The van der Waals surface area contributed by atoms with E-state index in [0.29, 0.717) is 11.8 Å². The number of nitrogens with one attached hydrogen (secondary N) is 1. The van der Waals surface area contributed by atoms with Crippen LogP contribution in [0.4, 0.5) is 0 Å². The van der Waals surface area contributed by atoms with Gasteiger partial charge >= 0.3 is 0 Å². The van der Waals surface area contributed by atoms with Gasteiger partial charge in [0.1, 0.15) is 0 Å². The molecule has 0 saturated heterocycles. The predicted octanol–water partition coefficient (Wildman–Crippen LogP) is 3.76. The van der Waals surface area contributed by atoms with Crippen LogP contribution in [-0.2, 0) is 13.0 Å². The third-order valence-electron chi connectivity index (χ3n) is 4.09.